The van der Waals surface area contributed by atoms with Crippen LogP contribution in [-0.4, -0.2) is 61.9 Å². The monoisotopic (exact) mass is 443 g/mol. The van der Waals surface area contributed by atoms with Gasteiger partial charge < -0.3 is 9.64 Å². The van der Waals surface area contributed by atoms with E-state index in [-0.39, 0.29) is 6.04 Å². The van der Waals surface area contributed by atoms with Crippen molar-refractivity contribution in [3.05, 3.63) is 42.9 Å². The molecule has 5 rings (SSSR count). The molecule has 11 heteroatoms. The lowest BCUT2D eigenvalue weighted by Gasteiger charge is -2.34. The first-order chi connectivity index (χ1) is 15.4. The number of nitrogens with one attached hydrogen (secondary N) is 1. The zero-order chi connectivity index (χ0) is 22.3. The van der Waals surface area contributed by atoms with E-state index in [2.05, 4.69) is 25.2 Å². The first-order valence-electron chi connectivity index (χ1n) is 10.1. The molecule has 0 saturated carbocycles. The fourth-order valence-corrected chi connectivity index (χ4v) is 4.01. The van der Waals surface area contributed by atoms with E-state index in [4.69, 9.17) is 9.72 Å². The number of anilines is 1. The number of rotatable bonds is 4. The van der Waals surface area contributed by atoms with E-state index in [0.717, 1.165) is 4.68 Å². The fraction of sp³-hybridized carbons (Fsp3) is 0.333. The Balaban J connectivity index is 1.75. The van der Waals surface area contributed by atoms with Crippen molar-refractivity contribution in [3.63, 3.8) is 0 Å². The molecule has 5 heterocycles. The van der Waals surface area contributed by atoms with Crippen molar-refractivity contribution < 1.29 is 17.9 Å². The molecular formula is C21H20F3N7O. The van der Waals surface area contributed by atoms with Crippen LogP contribution in [0.3, 0.4) is 0 Å². The van der Waals surface area contributed by atoms with Gasteiger partial charge in [0.2, 0.25) is 0 Å². The summed E-state index contributed by atoms with van der Waals surface area (Å²) in [4.78, 5) is 11.5. The standard InChI is InChI=1S/C21H20F3N7O/c1-13-11-32-9-8-30(13)18-10-15(17-4-7-27-31(17)12-21(22,23)24)14-2-5-25-20(19(14)28-18)16-3-6-26-29-16/h2-7,10,13H,8-9,11-12H2,1H3,(H,26,29)/t13-/m1/s1. The van der Waals surface area contributed by atoms with Crippen molar-refractivity contribution in [1.82, 2.24) is 29.9 Å². The molecule has 166 valence electrons. The summed E-state index contributed by atoms with van der Waals surface area (Å²) in [6, 6.07) is 7.01. The maximum Gasteiger partial charge on any atom is 0.408 e. The molecule has 1 aliphatic heterocycles. The Morgan fingerprint density at radius 2 is 2.06 bits per heavy atom. The molecule has 1 saturated heterocycles. The third-order valence-corrected chi connectivity index (χ3v) is 5.45. The van der Waals surface area contributed by atoms with Gasteiger partial charge in [-0.25, -0.2) is 4.98 Å². The van der Waals surface area contributed by atoms with Crippen LogP contribution < -0.4 is 4.90 Å². The number of alkyl halides is 3. The summed E-state index contributed by atoms with van der Waals surface area (Å²) in [6.07, 6.45) is 0.212. The number of pyridine rings is 2. The van der Waals surface area contributed by atoms with Gasteiger partial charge >= 0.3 is 6.18 Å². The summed E-state index contributed by atoms with van der Waals surface area (Å²) in [7, 11) is 0. The number of hydrogen-bond donors (Lipinski definition) is 1. The summed E-state index contributed by atoms with van der Waals surface area (Å²) in [5.41, 5.74) is 2.78. The fourth-order valence-electron chi connectivity index (χ4n) is 4.01. The molecular weight excluding hydrogens is 423 g/mol. The third-order valence-electron chi connectivity index (χ3n) is 5.45. The number of aromatic amines is 1. The minimum atomic E-state index is -4.40. The maximum absolute atomic E-state index is 13.2. The van der Waals surface area contributed by atoms with E-state index < -0.39 is 12.7 Å². The molecule has 1 atom stereocenters. The minimum Gasteiger partial charge on any atom is -0.377 e. The Kier molecular flexibility index (Phi) is 5.04. The lowest BCUT2D eigenvalue weighted by atomic mass is 10.0. The van der Waals surface area contributed by atoms with E-state index in [0.29, 0.717) is 59.1 Å². The molecule has 1 aliphatic rings. The van der Waals surface area contributed by atoms with Crippen LogP contribution in [0.1, 0.15) is 6.92 Å². The molecule has 0 bridgehead atoms. The normalized spacial score (nSPS) is 17.2. The topological polar surface area (TPSA) is 84.8 Å². The Morgan fingerprint density at radius 3 is 2.81 bits per heavy atom. The van der Waals surface area contributed by atoms with Crippen LogP contribution in [0.5, 0.6) is 0 Å². The zero-order valence-corrected chi connectivity index (χ0v) is 17.2. The second kappa shape index (κ2) is 7.90. The van der Waals surface area contributed by atoms with Crippen molar-refractivity contribution >= 4 is 16.7 Å². The SMILES string of the molecule is C[C@@H]1COCCN1c1cc(-c2ccnn2CC(F)(F)F)c2ccnc(-c3ccn[nH]3)c2n1. The molecule has 0 amide bonds. The van der Waals surface area contributed by atoms with E-state index in [1.807, 2.05) is 13.0 Å². The van der Waals surface area contributed by atoms with Gasteiger partial charge in [0.05, 0.1) is 30.6 Å². The van der Waals surface area contributed by atoms with Crippen molar-refractivity contribution in [2.24, 2.45) is 0 Å². The van der Waals surface area contributed by atoms with Crippen LogP contribution in [0.2, 0.25) is 0 Å². The summed E-state index contributed by atoms with van der Waals surface area (Å²) in [5, 5.41) is 11.5. The molecule has 4 aromatic rings. The van der Waals surface area contributed by atoms with Crippen molar-refractivity contribution in [3.8, 4) is 22.6 Å². The summed E-state index contributed by atoms with van der Waals surface area (Å²) >= 11 is 0. The Morgan fingerprint density at radius 1 is 1.19 bits per heavy atom. The van der Waals surface area contributed by atoms with Crippen molar-refractivity contribution in [2.75, 3.05) is 24.7 Å². The molecule has 4 aromatic heterocycles. The minimum absolute atomic E-state index is 0.0638. The molecule has 8 nitrogen and oxygen atoms in total. The van der Waals surface area contributed by atoms with Crippen LogP contribution >= 0.6 is 0 Å². The number of halogens is 3. The number of nitrogens with zero attached hydrogens (tertiary/aromatic N) is 6. The predicted molar refractivity (Wildman–Crippen MR) is 112 cm³/mol. The Bertz CT molecular complexity index is 1240. The summed E-state index contributed by atoms with van der Waals surface area (Å²) in [5.74, 6) is 0.650. The van der Waals surface area contributed by atoms with Crippen LogP contribution in [0.15, 0.2) is 42.9 Å². The number of aromatic nitrogens is 6. The van der Waals surface area contributed by atoms with Crippen LogP contribution in [0.25, 0.3) is 33.5 Å². The van der Waals surface area contributed by atoms with Gasteiger partial charge in [0.25, 0.3) is 0 Å². The number of fused-ring (bicyclic) bond motifs is 1. The largest absolute Gasteiger partial charge is 0.408 e. The van der Waals surface area contributed by atoms with Gasteiger partial charge in [-0.05, 0) is 31.2 Å². The molecule has 0 spiro atoms. The van der Waals surface area contributed by atoms with Gasteiger partial charge in [-0.3, -0.25) is 14.8 Å². The van der Waals surface area contributed by atoms with E-state index in [9.17, 15) is 13.2 Å². The molecule has 1 fully saturated rings. The van der Waals surface area contributed by atoms with Gasteiger partial charge in [0, 0.05) is 36.1 Å². The Hall–Kier alpha value is -3.47. The number of ether oxygens (including phenoxy) is 1. The Labute approximate surface area is 181 Å². The van der Waals surface area contributed by atoms with Gasteiger partial charge in [0.1, 0.15) is 23.6 Å². The molecule has 0 unspecified atom stereocenters. The third kappa shape index (κ3) is 3.79. The molecule has 32 heavy (non-hydrogen) atoms. The number of hydrogen-bond acceptors (Lipinski definition) is 6. The van der Waals surface area contributed by atoms with E-state index >= 15 is 0 Å². The van der Waals surface area contributed by atoms with Crippen LogP contribution in [0, 0.1) is 0 Å². The number of H-pyrrole nitrogens is 1. The predicted octanol–water partition coefficient (Wildman–Crippen LogP) is 3.67. The van der Waals surface area contributed by atoms with Crippen LogP contribution in [-0.2, 0) is 11.3 Å². The maximum atomic E-state index is 13.2. The van der Waals surface area contributed by atoms with Gasteiger partial charge in [0.15, 0.2) is 0 Å². The highest BCUT2D eigenvalue weighted by Gasteiger charge is 2.30. The van der Waals surface area contributed by atoms with Crippen LogP contribution in [0.4, 0.5) is 19.0 Å². The molecule has 0 aromatic carbocycles. The highest BCUT2D eigenvalue weighted by Crippen LogP contribution is 2.36. The quantitative estimate of drug-likeness (QED) is 0.518. The van der Waals surface area contributed by atoms with Crippen molar-refractivity contribution in [1.29, 1.82) is 0 Å². The average Bonchev–Trinajstić information content (AvgIpc) is 3.44. The van der Waals surface area contributed by atoms with Gasteiger partial charge in [-0.1, -0.05) is 0 Å². The van der Waals surface area contributed by atoms with Crippen molar-refractivity contribution in [2.45, 2.75) is 25.7 Å². The highest BCUT2D eigenvalue weighted by atomic mass is 19.4. The second-order valence-electron chi connectivity index (χ2n) is 7.66. The smallest absolute Gasteiger partial charge is 0.377 e. The van der Waals surface area contributed by atoms with E-state index in [1.54, 1.807) is 30.6 Å². The number of morpholine rings is 1. The summed E-state index contributed by atoms with van der Waals surface area (Å²) < 4.78 is 46.1. The molecule has 0 aliphatic carbocycles. The average molecular weight is 443 g/mol. The second-order valence-corrected chi connectivity index (χ2v) is 7.66. The van der Waals surface area contributed by atoms with E-state index in [1.165, 1.54) is 6.20 Å². The van der Waals surface area contributed by atoms with Gasteiger partial charge in [-0.2, -0.15) is 23.4 Å². The first-order valence-corrected chi connectivity index (χ1v) is 10.1. The molecule has 0 radical (unpaired) electrons. The highest BCUT2D eigenvalue weighted by molar-refractivity contribution is 6.01. The molecule has 1 N–H and O–H groups in total. The first kappa shape index (κ1) is 20.4. The summed E-state index contributed by atoms with van der Waals surface area (Å²) in [6.45, 7) is 2.56. The lowest BCUT2D eigenvalue weighted by molar-refractivity contribution is -0.142. The zero-order valence-electron chi connectivity index (χ0n) is 17.2. The van der Waals surface area contributed by atoms with Gasteiger partial charge in [-0.15, -0.1) is 0 Å². The lowest BCUT2D eigenvalue weighted by Crippen LogP contribution is -2.44.